The molecular formula is C27H24N4O3S. The Morgan fingerprint density at radius 3 is 2.69 bits per heavy atom. The molecule has 1 unspecified atom stereocenters. The van der Waals surface area contributed by atoms with Crippen LogP contribution in [0.15, 0.2) is 78.3 Å². The second-order valence-corrected chi connectivity index (χ2v) is 8.99. The first kappa shape index (κ1) is 22.7. The summed E-state index contributed by atoms with van der Waals surface area (Å²) in [6.07, 6.45) is 1.63. The van der Waals surface area contributed by atoms with Crippen LogP contribution in [0.4, 0.5) is 5.69 Å². The highest BCUT2D eigenvalue weighted by molar-refractivity contribution is 7.13. The first-order valence-corrected chi connectivity index (χ1v) is 12.3. The van der Waals surface area contributed by atoms with Gasteiger partial charge in [-0.25, -0.2) is 4.98 Å². The third-order valence-corrected chi connectivity index (χ3v) is 6.61. The fraction of sp³-hybridized carbons (Fsp3) is 0.185. The number of fused-ring (bicyclic) bond motifs is 1. The van der Waals surface area contributed by atoms with Crippen LogP contribution in [-0.2, 0) is 16.1 Å². The molecule has 2 aromatic heterocycles. The van der Waals surface area contributed by atoms with Gasteiger partial charge in [0.05, 0.1) is 17.1 Å². The second kappa shape index (κ2) is 10.1. The Morgan fingerprint density at radius 2 is 1.91 bits per heavy atom. The van der Waals surface area contributed by atoms with E-state index in [1.54, 1.807) is 6.20 Å². The van der Waals surface area contributed by atoms with Gasteiger partial charge in [-0.3, -0.25) is 19.5 Å². The highest BCUT2D eigenvalue weighted by atomic mass is 32.1. The van der Waals surface area contributed by atoms with Gasteiger partial charge in [-0.2, -0.15) is 0 Å². The van der Waals surface area contributed by atoms with Gasteiger partial charge in [0.2, 0.25) is 5.91 Å². The van der Waals surface area contributed by atoms with E-state index >= 15 is 0 Å². The Kier molecular flexibility index (Phi) is 6.54. The van der Waals surface area contributed by atoms with Crippen LogP contribution in [0.5, 0.6) is 5.75 Å². The molecule has 3 heterocycles. The maximum Gasteiger partial charge on any atom is 0.268 e. The number of carbonyl (C=O) groups excluding carboxylic acids is 2. The second-order valence-electron chi connectivity index (χ2n) is 8.14. The van der Waals surface area contributed by atoms with Gasteiger partial charge >= 0.3 is 0 Å². The maximum absolute atomic E-state index is 13.2. The van der Waals surface area contributed by atoms with Crippen LogP contribution in [0.1, 0.15) is 18.9 Å². The predicted molar refractivity (Wildman–Crippen MR) is 136 cm³/mol. The number of ether oxygens (including phenoxy) is 1. The molecule has 2 amide bonds. The van der Waals surface area contributed by atoms with Crippen LogP contribution >= 0.6 is 11.3 Å². The number of hydrogen-bond donors (Lipinski definition) is 1. The number of amides is 2. The standard InChI is InChI=1S/C27H24N4O3S/c1-2-23-27(33)31(16-25(32)29-15-18-8-4-3-5-9-18)22-14-19(11-12-24(22)34-23)21-17-35-26(30-21)20-10-6-7-13-28-20/h3-14,17,23H,2,15-16H2,1H3,(H,29,32). The molecule has 1 aliphatic rings. The number of nitrogens with one attached hydrogen (secondary N) is 1. The summed E-state index contributed by atoms with van der Waals surface area (Å²) in [7, 11) is 0. The average molecular weight is 485 g/mol. The van der Waals surface area contributed by atoms with E-state index in [1.807, 2.05) is 79.0 Å². The van der Waals surface area contributed by atoms with Crippen LogP contribution < -0.4 is 15.0 Å². The number of benzene rings is 2. The van der Waals surface area contributed by atoms with Gasteiger partial charge in [-0.1, -0.05) is 43.3 Å². The number of hydrogen-bond acceptors (Lipinski definition) is 6. The monoisotopic (exact) mass is 484 g/mol. The lowest BCUT2D eigenvalue weighted by molar-refractivity contribution is -0.129. The van der Waals surface area contributed by atoms with Crippen molar-refractivity contribution in [2.24, 2.45) is 0 Å². The number of carbonyl (C=O) groups is 2. The summed E-state index contributed by atoms with van der Waals surface area (Å²) in [4.78, 5) is 36.6. The number of anilines is 1. The van der Waals surface area contributed by atoms with E-state index in [0.29, 0.717) is 24.4 Å². The van der Waals surface area contributed by atoms with Gasteiger partial charge in [0.1, 0.15) is 17.3 Å². The molecule has 4 aromatic rings. The molecule has 0 bridgehead atoms. The van der Waals surface area contributed by atoms with Crippen molar-refractivity contribution in [1.82, 2.24) is 15.3 Å². The summed E-state index contributed by atoms with van der Waals surface area (Å²) in [6, 6.07) is 21.0. The maximum atomic E-state index is 13.2. The van der Waals surface area contributed by atoms with Crippen LogP contribution in [0.3, 0.4) is 0 Å². The zero-order chi connectivity index (χ0) is 24.2. The molecule has 2 aromatic carbocycles. The molecule has 35 heavy (non-hydrogen) atoms. The fourth-order valence-electron chi connectivity index (χ4n) is 3.91. The Labute approximate surface area is 207 Å². The van der Waals surface area contributed by atoms with Crippen LogP contribution in [0.25, 0.3) is 22.0 Å². The third kappa shape index (κ3) is 4.93. The summed E-state index contributed by atoms with van der Waals surface area (Å²) in [5.74, 6) is 0.122. The van der Waals surface area contributed by atoms with Crippen LogP contribution in [-0.4, -0.2) is 34.4 Å². The predicted octanol–water partition coefficient (Wildman–Crippen LogP) is 4.69. The molecule has 0 fully saturated rings. The number of pyridine rings is 1. The van der Waals surface area contributed by atoms with Crippen molar-refractivity contribution in [2.45, 2.75) is 26.0 Å². The van der Waals surface area contributed by atoms with Crippen molar-refractivity contribution in [3.05, 3.63) is 83.9 Å². The number of thiazole rings is 1. The molecule has 0 aliphatic carbocycles. The molecule has 176 valence electrons. The zero-order valence-electron chi connectivity index (χ0n) is 19.2. The molecule has 7 nitrogen and oxygen atoms in total. The van der Waals surface area contributed by atoms with Crippen LogP contribution in [0.2, 0.25) is 0 Å². The molecule has 0 radical (unpaired) electrons. The van der Waals surface area contributed by atoms with Crippen molar-refractivity contribution in [3.8, 4) is 27.7 Å². The van der Waals surface area contributed by atoms with E-state index in [0.717, 1.165) is 27.5 Å². The largest absolute Gasteiger partial charge is 0.478 e. The van der Waals surface area contributed by atoms with Gasteiger partial charge in [0.25, 0.3) is 5.91 Å². The minimum Gasteiger partial charge on any atom is -0.478 e. The van der Waals surface area contributed by atoms with Gasteiger partial charge in [-0.05, 0) is 42.3 Å². The summed E-state index contributed by atoms with van der Waals surface area (Å²) in [6.45, 7) is 2.21. The zero-order valence-corrected chi connectivity index (χ0v) is 20.0. The first-order chi connectivity index (χ1) is 17.1. The van der Waals surface area contributed by atoms with E-state index in [2.05, 4.69) is 10.3 Å². The van der Waals surface area contributed by atoms with E-state index in [-0.39, 0.29) is 18.4 Å². The van der Waals surface area contributed by atoms with Gasteiger partial charge in [0, 0.05) is 23.7 Å². The lowest BCUT2D eigenvalue weighted by Gasteiger charge is -2.34. The highest BCUT2D eigenvalue weighted by Crippen LogP contribution is 2.38. The summed E-state index contributed by atoms with van der Waals surface area (Å²) >= 11 is 1.51. The van der Waals surface area contributed by atoms with Crippen molar-refractivity contribution >= 4 is 28.8 Å². The number of nitrogens with zero attached hydrogens (tertiary/aromatic N) is 3. The Balaban J connectivity index is 1.40. The number of aromatic nitrogens is 2. The Morgan fingerprint density at radius 1 is 1.09 bits per heavy atom. The molecule has 1 N–H and O–H groups in total. The molecule has 8 heteroatoms. The molecule has 1 atom stereocenters. The molecular weight excluding hydrogens is 460 g/mol. The van der Waals surface area contributed by atoms with Crippen molar-refractivity contribution < 1.29 is 14.3 Å². The van der Waals surface area contributed by atoms with E-state index < -0.39 is 6.10 Å². The van der Waals surface area contributed by atoms with Crippen molar-refractivity contribution in [2.75, 3.05) is 11.4 Å². The van der Waals surface area contributed by atoms with E-state index in [9.17, 15) is 9.59 Å². The molecule has 0 spiro atoms. The van der Waals surface area contributed by atoms with E-state index in [4.69, 9.17) is 9.72 Å². The summed E-state index contributed by atoms with van der Waals surface area (Å²) < 4.78 is 5.95. The topological polar surface area (TPSA) is 84.4 Å². The average Bonchev–Trinajstić information content (AvgIpc) is 3.40. The fourth-order valence-corrected chi connectivity index (χ4v) is 4.72. The van der Waals surface area contributed by atoms with Crippen LogP contribution in [0, 0.1) is 0 Å². The summed E-state index contributed by atoms with van der Waals surface area (Å²) in [5, 5.41) is 5.68. The quantitative estimate of drug-likeness (QED) is 0.411. The molecule has 1 aliphatic heterocycles. The molecule has 5 rings (SSSR count). The normalized spacial score (nSPS) is 14.8. The SMILES string of the molecule is CCC1Oc2ccc(-c3csc(-c4ccccn4)n3)cc2N(CC(=O)NCc2ccccc2)C1=O. The van der Waals surface area contributed by atoms with E-state index in [1.165, 1.54) is 16.2 Å². The minimum atomic E-state index is -0.620. The lowest BCUT2D eigenvalue weighted by Crippen LogP contribution is -2.49. The Bertz CT molecular complexity index is 1340. The molecule has 0 saturated carbocycles. The smallest absolute Gasteiger partial charge is 0.268 e. The highest BCUT2D eigenvalue weighted by Gasteiger charge is 2.34. The van der Waals surface area contributed by atoms with Gasteiger partial charge in [-0.15, -0.1) is 11.3 Å². The van der Waals surface area contributed by atoms with Gasteiger partial charge in [0.15, 0.2) is 6.10 Å². The summed E-state index contributed by atoms with van der Waals surface area (Å²) in [5.41, 5.74) is 3.98. The third-order valence-electron chi connectivity index (χ3n) is 5.75. The van der Waals surface area contributed by atoms with Crippen molar-refractivity contribution in [3.63, 3.8) is 0 Å². The first-order valence-electron chi connectivity index (χ1n) is 11.4. The molecule has 0 saturated heterocycles. The Hall–Kier alpha value is -4.04. The van der Waals surface area contributed by atoms with Gasteiger partial charge < -0.3 is 10.1 Å². The lowest BCUT2D eigenvalue weighted by atomic mass is 10.1. The number of rotatable bonds is 7. The van der Waals surface area contributed by atoms with Crippen molar-refractivity contribution in [1.29, 1.82) is 0 Å². The minimum absolute atomic E-state index is 0.0851.